The Morgan fingerprint density at radius 1 is 1.14 bits per heavy atom. The van der Waals surface area contributed by atoms with Crippen LogP contribution < -0.4 is 9.64 Å². The van der Waals surface area contributed by atoms with Gasteiger partial charge in [0.05, 0.1) is 31.0 Å². The van der Waals surface area contributed by atoms with E-state index in [1.54, 1.807) is 62.4 Å². The number of carbonyl (C=O) groups excluding carboxylic acids is 3. The fourth-order valence-electron chi connectivity index (χ4n) is 3.77. The van der Waals surface area contributed by atoms with Gasteiger partial charge in [0.25, 0.3) is 5.78 Å². The summed E-state index contributed by atoms with van der Waals surface area (Å²) in [5, 5.41) is 11.3. The summed E-state index contributed by atoms with van der Waals surface area (Å²) in [5.74, 6) is -1.99. The number of carbonyl (C=O) groups is 3. The van der Waals surface area contributed by atoms with E-state index in [9.17, 15) is 19.5 Å². The molecule has 10 heteroatoms. The van der Waals surface area contributed by atoms with Crippen LogP contribution in [0, 0.1) is 6.92 Å². The van der Waals surface area contributed by atoms with Crippen molar-refractivity contribution in [1.29, 1.82) is 0 Å². The maximum Gasteiger partial charge on any atom is 0.350 e. The first-order valence-electron chi connectivity index (χ1n) is 10.6. The third-order valence-corrected chi connectivity index (χ3v) is 7.11. The first kappa shape index (κ1) is 24.6. The number of nitrogens with zero attached hydrogens (tertiary/aromatic N) is 2. The fourth-order valence-corrected chi connectivity index (χ4v) is 5.02. The molecule has 2 heterocycles. The highest BCUT2D eigenvalue weighted by Crippen LogP contribution is 2.44. The van der Waals surface area contributed by atoms with Crippen LogP contribution in [-0.4, -0.2) is 41.5 Å². The Morgan fingerprint density at radius 2 is 1.80 bits per heavy atom. The number of rotatable bonds is 6. The number of benzene rings is 2. The monoisotopic (exact) mass is 556 g/mol. The quantitative estimate of drug-likeness (QED) is 0.196. The molecule has 0 bridgehead atoms. The third kappa shape index (κ3) is 4.59. The summed E-state index contributed by atoms with van der Waals surface area (Å²) in [5.41, 5.74) is 1.25. The van der Waals surface area contributed by atoms with E-state index in [1.165, 1.54) is 12.0 Å². The van der Waals surface area contributed by atoms with Crippen molar-refractivity contribution < 1.29 is 29.0 Å². The summed E-state index contributed by atoms with van der Waals surface area (Å²) in [6.45, 7) is 3.52. The molecule has 1 amide bonds. The lowest BCUT2D eigenvalue weighted by atomic mass is 9.95. The summed E-state index contributed by atoms with van der Waals surface area (Å²) >= 11 is 4.36. The van der Waals surface area contributed by atoms with Gasteiger partial charge >= 0.3 is 11.9 Å². The highest BCUT2D eigenvalue weighted by molar-refractivity contribution is 9.10. The second kappa shape index (κ2) is 10.0. The van der Waals surface area contributed by atoms with E-state index in [0.717, 1.165) is 15.8 Å². The van der Waals surface area contributed by atoms with E-state index in [4.69, 9.17) is 9.47 Å². The molecular weight excluding hydrogens is 536 g/mol. The molecular formula is C25H21BrN2O6S. The predicted molar refractivity (Wildman–Crippen MR) is 135 cm³/mol. The number of aliphatic hydroxyl groups is 1. The number of ketones is 1. The zero-order valence-corrected chi connectivity index (χ0v) is 21.5. The summed E-state index contributed by atoms with van der Waals surface area (Å²) in [7, 11) is 1.52. The Morgan fingerprint density at radius 3 is 2.40 bits per heavy atom. The normalized spacial score (nSPS) is 17.0. The number of aliphatic hydroxyl groups excluding tert-OH is 1. The number of hydrogen-bond donors (Lipinski definition) is 1. The van der Waals surface area contributed by atoms with Gasteiger partial charge in [0.15, 0.2) is 5.13 Å². The van der Waals surface area contributed by atoms with Crippen molar-refractivity contribution >= 4 is 55.8 Å². The lowest BCUT2D eigenvalue weighted by Gasteiger charge is -2.23. The van der Waals surface area contributed by atoms with Crippen molar-refractivity contribution in [3.8, 4) is 5.75 Å². The van der Waals surface area contributed by atoms with Gasteiger partial charge in [0.2, 0.25) is 0 Å². The topological polar surface area (TPSA) is 106 Å². The van der Waals surface area contributed by atoms with E-state index < -0.39 is 23.7 Å². The second-order valence-corrected chi connectivity index (χ2v) is 9.47. The summed E-state index contributed by atoms with van der Waals surface area (Å²) < 4.78 is 11.1. The van der Waals surface area contributed by atoms with E-state index >= 15 is 0 Å². The van der Waals surface area contributed by atoms with Crippen LogP contribution in [-0.2, 0) is 14.3 Å². The molecule has 0 saturated carbocycles. The second-order valence-electron chi connectivity index (χ2n) is 7.58. The van der Waals surface area contributed by atoms with E-state index in [-0.39, 0.29) is 27.9 Å². The minimum Gasteiger partial charge on any atom is -0.507 e. The summed E-state index contributed by atoms with van der Waals surface area (Å²) in [6, 6.07) is 12.6. The molecule has 1 N–H and O–H groups in total. The van der Waals surface area contributed by atoms with Crippen molar-refractivity contribution in [2.24, 2.45) is 0 Å². The minimum atomic E-state index is -0.953. The average molecular weight is 557 g/mol. The minimum absolute atomic E-state index is 0.0759. The van der Waals surface area contributed by atoms with Crippen molar-refractivity contribution in [2.45, 2.75) is 19.9 Å². The maximum absolute atomic E-state index is 13.3. The first-order valence-corrected chi connectivity index (χ1v) is 12.2. The number of aromatic nitrogens is 1. The Labute approximate surface area is 213 Å². The number of ether oxygens (including phenoxy) is 2. The molecule has 4 rings (SSSR count). The Bertz CT molecular complexity index is 1330. The van der Waals surface area contributed by atoms with Gasteiger partial charge in [-0.2, -0.15) is 0 Å². The number of Topliss-reactive ketones (excluding diaryl/α,β-unsaturated/α-hetero) is 1. The molecule has 35 heavy (non-hydrogen) atoms. The van der Waals surface area contributed by atoms with Crippen LogP contribution in [0.5, 0.6) is 5.75 Å². The van der Waals surface area contributed by atoms with Crippen molar-refractivity contribution in [3.05, 3.63) is 80.3 Å². The molecule has 0 aliphatic carbocycles. The molecule has 1 unspecified atom stereocenters. The Hall–Kier alpha value is -3.50. The number of thiazole rings is 1. The van der Waals surface area contributed by atoms with Gasteiger partial charge in [-0.15, -0.1) is 0 Å². The van der Waals surface area contributed by atoms with Crippen molar-refractivity contribution in [1.82, 2.24) is 4.98 Å². The zero-order chi connectivity index (χ0) is 25.3. The number of esters is 1. The van der Waals surface area contributed by atoms with E-state index in [0.29, 0.717) is 22.6 Å². The highest BCUT2D eigenvalue weighted by Gasteiger charge is 2.48. The first-order chi connectivity index (χ1) is 16.8. The largest absolute Gasteiger partial charge is 0.507 e. The lowest BCUT2D eigenvalue weighted by molar-refractivity contribution is -0.132. The zero-order valence-electron chi connectivity index (χ0n) is 19.1. The SMILES string of the molecule is CCOC(=O)c1sc(N2C(=O)C(=O)/C(=C(/O)c3ccc(OC)cc3)C2c2ccc(Br)cc2)nc1C. The van der Waals surface area contributed by atoms with Crippen LogP contribution in [0.25, 0.3) is 5.76 Å². The molecule has 3 aromatic rings. The molecule has 0 spiro atoms. The number of aryl methyl sites for hydroxylation is 1. The smallest absolute Gasteiger partial charge is 0.350 e. The van der Waals surface area contributed by atoms with Crippen molar-refractivity contribution in [2.75, 3.05) is 18.6 Å². The van der Waals surface area contributed by atoms with Crippen LogP contribution >= 0.6 is 27.3 Å². The number of amides is 1. The lowest BCUT2D eigenvalue weighted by Crippen LogP contribution is -2.29. The van der Waals surface area contributed by atoms with Crippen LogP contribution in [0.1, 0.15) is 39.5 Å². The molecule has 1 saturated heterocycles. The van der Waals surface area contributed by atoms with Gasteiger partial charge in [-0.1, -0.05) is 39.4 Å². The molecule has 1 aromatic heterocycles. The molecule has 1 fully saturated rings. The van der Waals surface area contributed by atoms with Crippen LogP contribution in [0.2, 0.25) is 0 Å². The highest BCUT2D eigenvalue weighted by atomic mass is 79.9. The number of methoxy groups -OCH3 is 1. The van der Waals surface area contributed by atoms with Gasteiger partial charge in [0.1, 0.15) is 16.4 Å². The molecule has 1 atom stereocenters. The third-order valence-electron chi connectivity index (χ3n) is 5.45. The van der Waals surface area contributed by atoms with Gasteiger partial charge in [-0.25, -0.2) is 9.78 Å². The van der Waals surface area contributed by atoms with Crippen LogP contribution in [0.3, 0.4) is 0 Å². The van der Waals surface area contributed by atoms with Crippen LogP contribution in [0.4, 0.5) is 5.13 Å². The molecule has 2 aromatic carbocycles. The number of halogens is 1. The fraction of sp³-hybridized carbons (Fsp3) is 0.200. The standard InChI is InChI=1S/C25H21BrN2O6S/c1-4-34-24(32)22-13(2)27-25(35-22)28-19(14-5-9-16(26)10-6-14)18(21(30)23(28)31)20(29)15-7-11-17(33-3)12-8-15/h5-12,19,29H,4H2,1-3H3/b20-18+. The Kier molecular flexibility index (Phi) is 7.04. The molecule has 1 aliphatic rings. The molecule has 1 aliphatic heterocycles. The van der Waals surface area contributed by atoms with Gasteiger partial charge in [-0.05, 0) is 55.8 Å². The van der Waals surface area contributed by atoms with Crippen molar-refractivity contribution in [3.63, 3.8) is 0 Å². The Balaban J connectivity index is 1.89. The molecule has 0 radical (unpaired) electrons. The van der Waals surface area contributed by atoms with Crippen LogP contribution in [0.15, 0.2) is 58.6 Å². The van der Waals surface area contributed by atoms with E-state index in [1.807, 2.05) is 0 Å². The number of hydrogen-bond acceptors (Lipinski definition) is 8. The van der Waals surface area contributed by atoms with Gasteiger partial charge in [0, 0.05) is 10.0 Å². The molecule has 180 valence electrons. The predicted octanol–water partition coefficient (Wildman–Crippen LogP) is 5.03. The van der Waals surface area contributed by atoms with E-state index in [2.05, 4.69) is 20.9 Å². The van der Waals surface area contributed by atoms with Gasteiger partial charge in [-0.3, -0.25) is 14.5 Å². The summed E-state index contributed by atoms with van der Waals surface area (Å²) in [4.78, 5) is 44.7. The molecule has 8 nitrogen and oxygen atoms in total. The maximum atomic E-state index is 13.3. The summed E-state index contributed by atoms with van der Waals surface area (Å²) in [6.07, 6.45) is 0. The average Bonchev–Trinajstić information content (AvgIpc) is 3.36. The van der Waals surface area contributed by atoms with Gasteiger partial charge < -0.3 is 14.6 Å². The number of anilines is 1.